The third kappa shape index (κ3) is 3.07. The average molecular weight is 261 g/mol. The number of aliphatic hydroxyl groups excluding tert-OH is 1. The highest BCUT2D eigenvalue weighted by molar-refractivity contribution is 5.40. The Bertz CT molecular complexity index is 400. The van der Waals surface area contributed by atoms with Gasteiger partial charge in [-0.1, -0.05) is 6.07 Å². The van der Waals surface area contributed by atoms with E-state index < -0.39 is 0 Å². The number of pyridine rings is 1. The van der Waals surface area contributed by atoms with Crippen LogP contribution in [0.5, 0.6) is 0 Å². The van der Waals surface area contributed by atoms with E-state index in [1.165, 1.54) is 18.4 Å². The van der Waals surface area contributed by atoms with Crippen molar-refractivity contribution in [2.45, 2.75) is 25.8 Å². The van der Waals surface area contributed by atoms with Crippen LogP contribution in [0.4, 0.5) is 5.82 Å². The van der Waals surface area contributed by atoms with Gasteiger partial charge in [-0.05, 0) is 43.4 Å². The number of anilines is 1. The molecule has 1 atom stereocenters. The lowest BCUT2D eigenvalue weighted by atomic mass is 10.1. The lowest BCUT2D eigenvalue weighted by Crippen LogP contribution is -2.22. The largest absolute Gasteiger partial charge is 0.396 e. The first kappa shape index (κ1) is 12.9. The van der Waals surface area contributed by atoms with Gasteiger partial charge in [0.25, 0.3) is 0 Å². The zero-order valence-electron chi connectivity index (χ0n) is 11.5. The highest BCUT2D eigenvalue weighted by atomic mass is 16.3. The molecule has 0 aliphatic carbocycles. The van der Waals surface area contributed by atoms with Gasteiger partial charge < -0.3 is 10.0 Å². The Morgan fingerprint density at radius 3 is 2.68 bits per heavy atom. The lowest BCUT2D eigenvalue weighted by molar-refractivity contribution is 0.220. The molecule has 19 heavy (non-hydrogen) atoms. The standard InChI is InChI=1S/C15H23N3O/c19-12-14-5-8-17(11-14)10-13-3-4-15(16-9-13)18-6-1-2-7-18/h3-4,9,14,19H,1-2,5-8,10-12H2. The number of rotatable bonds is 4. The van der Waals surface area contributed by atoms with Gasteiger partial charge in [-0.15, -0.1) is 0 Å². The first-order valence-electron chi connectivity index (χ1n) is 7.38. The number of nitrogens with zero attached hydrogens (tertiary/aromatic N) is 3. The topological polar surface area (TPSA) is 39.6 Å². The van der Waals surface area contributed by atoms with Gasteiger partial charge in [-0.3, -0.25) is 4.90 Å². The highest BCUT2D eigenvalue weighted by Crippen LogP contribution is 2.20. The molecule has 3 heterocycles. The van der Waals surface area contributed by atoms with E-state index in [4.69, 9.17) is 5.11 Å². The molecule has 4 heteroatoms. The van der Waals surface area contributed by atoms with Gasteiger partial charge in [0, 0.05) is 39.0 Å². The van der Waals surface area contributed by atoms with Crippen LogP contribution in [-0.2, 0) is 6.54 Å². The van der Waals surface area contributed by atoms with E-state index in [0.29, 0.717) is 12.5 Å². The number of hydrogen-bond donors (Lipinski definition) is 1. The fraction of sp³-hybridized carbons (Fsp3) is 0.667. The molecule has 1 aromatic heterocycles. The third-order valence-electron chi connectivity index (χ3n) is 4.27. The van der Waals surface area contributed by atoms with Crippen molar-refractivity contribution >= 4 is 5.82 Å². The van der Waals surface area contributed by atoms with Gasteiger partial charge in [-0.25, -0.2) is 4.98 Å². The van der Waals surface area contributed by atoms with E-state index in [1.54, 1.807) is 0 Å². The Kier molecular flexibility index (Phi) is 3.99. The second-order valence-electron chi connectivity index (χ2n) is 5.79. The molecule has 1 N–H and O–H groups in total. The van der Waals surface area contributed by atoms with Crippen LogP contribution in [0.1, 0.15) is 24.8 Å². The molecule has 2 saturated heterocycles. The molecule has 104 valence electrons. The van der Waals surface area contributed by atoms with Crippen molar-refractivity contribution in [3.8, 4) is 0 Å². The molecular formula is C15H23N3O. The minimum Gasteiger partial charge on any atom is -0.396 e. The summed E-state index contributed by atoms with van der Waals surface area (Å²) in [4.78, 5) is 9.36. The van der Waals surface area contributed by atoms with E-state index in [9.17, 15) is 0 Å². The van der Waals surface area contributed by atoms with Crippen molar-refractivity contribution in [3.05, 3.63) is 23.9 Å². The Labute approximate surface area is 115 Å². The van der Waals surface area contributed by atoms with Gasteiger partial charge in [-0.2, -0.15) is 0 Å². The lowest BCUT2D eigenvalue weighted by Gasteiger charge is -2.18. The summed E-state index contributed by atoms with van der Waals surface area (Å²) in [5.41, 5.74) is 1.28. The van der Waals surface area contributed by atoms with Crippen molar-refractivity contribution in [1.29, 1.82) is 0 Å². The first-order valence-corrected chi connectivity index (χ1v) is 7.38. The summed E-state index contributed by atoms with van der Waals surface area (Å²) in [6, 6.07) is 4.35. The van der Waals surface area contributed by atoms with Crippen molar-refractivity contribution < 1.29 is 5.11 Å². The molecular weight excluding hydrogens is 238 g/mol. The Morgan fingerprint density at radius 2 is 2.05 bits per heavy atom. The molecule has 2 aliphatic rings. The summed E-state index contributed by atoms with van der Waals surface area (Å²) in [7, 11) is 0. The summed E-state index contributed by atoms with van der Waals surface area (Å²) < 4.78 is 0. The number of aromatic nitrogens is 1. The van der Waals surface area contributed by atoms with Crippen LogP contribution in [0.25, 0.3) is 0 Å². The molecule has 0 radical (unpaired) electrons. The van der Waals surface area contributed by atoms with Crippen LogP contribution in [0.3, 0.4) is 0 Å². The van der Waals surface area contributed by atoms with E-state index in [0.717, 1.165) is 45.0 Å². The molecule has 4 nitrogen and oxygen atoms in total. The molecule has 1 aromatic rings. The monoisotopic (exact) mass is 261 g/mol. The first-order chi connectivity index (χ1) is 9.35. The van der Waals surface area contributed by atoms with Crippen LogP contribution in [0.2, 0.25) is 0 Å². The third-order valence-corrected chi connectivity index (χ3v) is 4.27. The van der Waals surface area contributed by atoms with Crippen LogP contribution in [0, 0.1) is 5.92 Å². The Morgan fingerprint density at radius 1 is 1.21 bits per heavy atom. The minimum atomic E-state index is 0.322. The fourth-order valence-corrected chi connectivity index (χ4v) is 3.11. The van der Waals surface area contributed by atoms with E-state index in [-0.39, 0.29) is 0 Å². The Hall–Kier alpha value is -1.13. The van der Waals surface area contributed by atoms with Gasteiger partial charge in [0.1, 0.15) is 5.82 Å². The molecule has 0 bridgehead atoms. The summed E-state index contributed by atoms with van der Waals surface area (Å²) in [5.74, 6) is 1.59. The fourth-order valence-electron chi connectivity index (χ4n) is 3.11. The maximum absolute atomic E-state index is 9.16. The highest BCUT2D eigenvalue weighted by Gasteiger charge is 2.21. The normalized spacial score (nSPS) is 24.3. The maximum atomic E-state index is 9.16. The molecule has 0 amide bonds. The van der Waals surface area contributed by atoms with E-state index in [2.05, 4.69) is 26.9 Å². The quantitative estimate of drug-likeness (QED) is 0.891. The van der Waals surface area contributed by atoms with Crippen molar-refractivity contribution in [2.75, 3.05) is 37.7 Å². The second-order valence-corrected chi connectivity index (χ2v) is 5.79. The Balaban J connectivity index is 1.57. The minimum absolute atomic E-state index is 0.322. The van der Waals surface area contributed by atoms with Crippen molar-refractivity contribution in [2.24, 2.45) is 5.92 Å². The van der Waals surface area contributed by atoms with Crippen LogP contribution >= 0.6 is 0 Å². The molecule has 2 fully saturated rings. The average Bonchev–Trinajstić information content (AvgIpc) is 3.10. The maximum Gasteiger partial charge on any atom is 0.128 e. The second kappa shape index (κ2) is 5.88. The number of aliphatic hydroxyl groups is 1. The van der Waals surface area contributed by atoms with Crippen molar-refractivity contribution in [3.63, 3.8) is 0 Å². The summed E-state index contributed by atoms with van der Waals surface area (Å²) in [6.07, 6.45) is 5.72. The van der Waals surface area contributed by atoms with E-state index >= 15 is 0 Å². The predicted octanol–water partition coefficient (Wildman–Crippen LogP) is 1.50. The molecule has 3 rings (SSSR count). The molecule has 0 saturated carbocycles. The smallest absolute Gasteiger partial charge is 0.128 e. The van der Waals surface area contributed by atoms with Gasteiger partial charge in [0.05, 0.1) is 0 Å². The van der Waals surface area contributed by atoms with Crippen LogP contribution in [-0.4, -0.2) is 47.8 Å². The molecule has 1 unspecified atom stereocenters. The molecule has 0 aromatic carbocycles. The molecule has 0 spiro atoms. The SMILES string of the molecule is OCC1CCN(Cc2ccc(N3CCCC3)nc2)C1. The summed E-state index contributed by atoms with van der Waals surface area (Å²) in [6.45, 7) is 5.70. The zero-order valence-corrected chi connectivity index (χ0v) is 11.5. The van der Waals surface area contributed by atoms with Crippen molar-refractivity contribution in [1.82, 2.24) is 9.88 Å². The predicted molar refractivity (Wildman–Crippen MR) is 76.2 cm³/mol. The molecule has 2 aliphatic heterocycles. The number of hydrogen-bond acceptors (Lipinski definition) is 4. The van der Waals surface area contributed by atoms with Gasteiger partial charge in [0.2, 0.25) is 0 Å². The van der Waals surface area contributed by atoms with E-state index in [1.807, 2.05) is 6.20 Å². The van der Waals surface area contributed by atoms with Gasteiger partial charge >= 0.3 is 0 Å². The van der Waals surface area contributed by atoms with Gasteiger partial charge in [0.15, 0.2) is 0 Å². The van der Waals surface area contributed by atoms with Crippen LogP contribution in [0.15, 0.2) is 18.3 Å². The summed E-state index contributed by atoms with van der Waals surface area (Å²) >= 11 is 0. The zero-order chi connectivity index (χ0) is 13.1. The van der Waals surface area contributed by atoms with Crippen LogP contribution < -0.4 is 4.90 Å². The summed E-state index contributed by atoms with van der Waals surface area (Å²) in [5, 5.41) is 9.16. The number of likely N-dealkylation sites (tertiary alicyclic amines) is 1.